The SMILES string of the molecule is CNC1CCN(C(=O)C(C)(C)c2ccccc2C)CC1. The normalized spacial score (nSPS) is 17.3. The lowest BCUT2D eigenvalue weighted by Crippen LogP contribution is -2.49. The molecule has 1 aliphatic rings. The van der Waals surface area contributed by atoms with Crippen LogP contribution >= 0.6 is 0 Å². The van der Waals surface area contributed by atoms with E-state index in [2.05, 4.69) is 24.4 Å². The van der Waals surface area contributed by atoms with Gasteiger partial charge < -0.3 is 10.2 Å². The Morgan fingerprint density at radius 2 is 1.85 bits per heavy atom. The maximum Gasteiger partial charge on any atom is 0.232 e. The Morgan fingerprint density at radius 3 is 2.40 bits per heavy atom. The molecule has 1 saturated heterocycles. The summed E-state index contributed by atoms with van der Waals surface area (Å²) in [5, 5.41) is 3.30. The maximum atomic E-state index is 12.9. The second kappa shape index (κ2) is 5.96. The van der Waals surface area contributed by atoms with E-state index in [0.29, 0.717) is 6.04 Å². The summed E-state index contributed by atoms with van der Waals surface area (Å²) in [6.45, 7) is 7.89. The predicted molar refractivity (Wildman–Crippen MR) is 82.9 cm³/mol. The van der Waals surface area contributed by atoms with Crippen LogP contribution in [0.15, 0.2) is 24.3 Å². The van der Waals surface area contributed by atoms with Crippen LogP contribution in [0.3, 0.4) is 0 Å². The molecule has 0 aromatic heterocycles. The minimum Gasteiger partial charge on any atom is -0.342 e. The number of hydrogen-bond donors (Lipinski definition) is 1. The minimum atomic E-state index is -0.447. The van der Waals surface area contributed by atoms with Crippen molar-refractivity contribution in [2.75, 3.05) is 20.1 Å². The van der Waals surface area contributed by atoms with Gasteiger partial charge in [-0.15, -0.1) is 0 Å². The lowest BCUT2D eigenvalue weighted by atomic mass is 9.80. The summed E-state index contributed by atoms with van der Waals surface area (Å²) in [4.78, 5) is 14.9. The van der Waals surface area contributed by atoms with Crippen LogP contribution in [0.5, 0.6) is 0 Å². The van der Waals surface area contributed by atoms with E-state index in [4.69, 9.17) is 0 Å². The second-order valence-electron chi connectivity index (χ2n) is 6.30. The Bertz CT molecular complexity index is 474. The molecule has 0 bridgehead atoms. The summed E-state index contributed by atoms with van der Waals surface area (Å²) in [5.41, 5.74) is 1.88. The highest BCUT2D eigenvalue weighted by Gasteiger charge is 2.35. The smallest absolute Gasteiger partial charge is 0.232 e. The molecule has 1 N–H and O–H groups in total. The van der Waals surface area contributed by atoms with Crippen molar-refractivity contribution in [1.29, 1.82) is 0 Å². The van der Waals surface area contributed by atoms with E-state index in [1.54, 1.807) is 0 Å². The standard InChI is InChI=1S/C17H26N2O/c1-13-7-5-6-8-15(13)17(2,3)16(20)19-11-9-14(18-4)10-12-19/h5-8,14,18H,9-12H2,1-4H3. The summed E-state index contributed by atoms with van der Waals surface area (Å²) in [5.74, 6) is 0.251. The highest BCUT2D eigenvalue weighted by Crippen LogP contribution is 2.29. The Kier molecular flexibility index (Phi) is 4.48. The fourth-order valence-corrected chi connectivity index (χ4v) is 3.16. The number of hydrogen-bond acceptors (Lipinski definition) is 2. The Balaban J connectivity index is 2.14. The van der Waals surface area contributed by atoms with Crippen LogP contribution in [-0.2, 0) is 10.2 Å². The molecule has 3 nitrogen and oxygen atoms in total. The third-order valence-electron chi connectivity index (χ3n) is 4.54. The monoisotopic (exact) mass is 274 g/mol. The van der Waals surface area contributed by atoms with Gasteiger partial charge >= 0.3 is 0 Å². The van der Waals surface area contributed by atoms with E-state index >= 15 is 0 Å². The van der Waals surface area contributed by atoms with Crippen molar-refractivity contribution in [3.8, 4) is 0 Å². The second-order valence-corrected chi connectivity index (χ2v) is 6.30. The molecule has 1 aliphatic heterocycles. The summed E-state index contributed by atoms with van der Waals surface area (Å²) in [6.07, 6.45) is 2.10. The molecule has 110 valence electrons. The van der Waals surface area contributed by atoms with Gasteiger partial charge in [-0.25, -0.2) is 0 Å². The summed E-state index contributed by atoms with van der Waals surface area (Å²) >= 11 is 0. The molecular weight excluding hydrogens is 248 g/mol. The topological polar surface area (TPSA) is 32.3 Å². The number of carbonyl (C=O) groups is 1. The molecule has 2 rings (SSSR count). The molecule has 0 radical (unpaired) electrons. The van der Waals surface area contributed by atoms with Crippen molar-refractivity contribution < 1.29 is 4.79 Å². The van der Waals surface area contributed by atoms with E-state index in [-0.39, 0.29) is 5.91 Å². The van der Waals surface area contributed by atoms with Crippen LogP contribution in [0.4, 0.5) is 0 Å². The van der Waals surface area contributed by atoms with Gasteiger partial charge in [0, 0.05) is 19.1 Å². The molecule has 0 spiro atoms. The van der Waals surface area contributed by atoms with Gasteiger partial charge in [-0.3, -0.25) is 4.79 Å². The molecule has 1 aromatic rings. The Hall–Kier alpha value is -1.35. The first-order valence-corrected chi connectivity index (χ1v) is 7.49. The van der Waals surface area contributed by atoms with Crippen molar-refractivity contribution in [3.63, 3.8) is 0 Å². The number of nitrogens with one attached hydrogen (secondary N) is 1. The van der Waals surface area contributed by atoms with E-state index < -0.39 is 5.41 Å². The minimum absolute atomic E-state index is 0.251. The van der Waals surface area contributed by atoms with Crippen LogP contribution in [-0.4, -0.2) is 37.0 Å². The van der Waals surface area contributed by atoms with Gasteiger partial charge in [0.15, 0.2) is 0 Å². The van der Waals surface area contributed by atoms with Crippen LogP contribution in [0.1, 0.15) is 37.8 Å². The van der Waals surface area contributed by atoms with E-state index in [1.807, 2.05) is 37.9 Å². The van der Waals surface area contributed by atoms with Crippen LogP contribution in [0.25, 0.3) is 0 Å². The molecule has 0 unspecified atom stereocenters. The van der Waals surface area contributed by atoms with Gasteiger partial charge in [0.05, 0.1) is 5.41 Å². The fourth-order valence-electron chi connectivity index (χ4n) is 3.16. The number of rotatable bonds is 3. The highest BCUT2D eigenvalue weighted by molar-refractivity contribution is 5.87. The molecule has 1 fully saturated rings. The third kappa shape index (κ3) is 2.88. The first kappa shape index (κ1) is 15.0. The molecule has 1 aromatic carbocycles. The van der Waals surface area contributed by atoms with Crippen molar-refractivity contribution >= 4 is 5.91 Å². The highest BCUT2D eigenvalue weighted by atomic mass is 16.2. The Morgan fingerprint density at radius 1 is 1.25 bits per heavy atom. The molecule has 0 atom stereocenters. The van der Waals surface area contributed by atoms with Gasteiger partial charge in [0.1, 0.15) is 0 Å². The predicted octanol–water partition coefficient (Wildman–Crippen LogP) is 2.48. The van der Waals surface area contributed by atoms with Crippen molar-refractivity contribution in [2.45, 2.75) is 45.1 Å². The largest absolute Gasteiger partial charge is 0.342 e. The van der Waals surface area contributed by atoms with Gasteiger partial charge in [-0.2, -0.15) is 0 Å². The first-order valence-electron chi connectivity index (χ1n) is 7.49. The number of likely N-dealkylation sites (tertiary alicyclic amines) is 1. The van der Waals surface area contributed by atoms with Crippen LogP contribution in [0, 0.1) is 6.92 Å². The number of aryl methyl sites for hydroxylation is 1. The lowest BCUT2D eigenvalue weighted by molar-refractivity contribution is -0.137. The van der Waals surface area contributed by atoms with Gasteiger partial charge in [-0.1, -0.05) is 24.3 Å². The lowest BCUT2D eigenvalue weighted by Gasteiger charge is -2.37. The van der Waals surface area contributed by atoms with Crippen molar-refractivity contribution in [3.05, 3.63) is 35.4 Å². The molecule has 20 heavy (non-hydrogen) atoms. The maximum absolute atomic E-state index is 12.9. The molecule has 1 heterocycles. The molecule has 1 amide bonds. The van der Waals surface area contributed by atoms with Crippen molar-refractivity contribution in [2.24, 2.45) is 0 Å². The van der Waals surface area contributed by atoms with E-state index in [0.717, 1.165) is 31.5 Å². The van der Waals surface area contributed by atoms with E-state index in [1.165, 1.54) is 5.56 Å². The van der Waals surface area contributed by atoms with E-state index in [9.17, 15) is 4.79 Å². The molecule has 0 aliphatic carbocycles. The van der Waals surface area contributed by atoms with Crippen LogP contribution in [0.2, 0.25) is 0 Å². The number of piperidine rings is 1. The summed E-state index contributed by atoms with van der Waals surface area (Å²) < 4.78 is 0. The van der Waals surface area contributed by atoms with Gasteiger partial charge in [0.2, 0.25) is 5.91 Å². The quantitative estimate of drug-likeness (QED) is 0.918. The zero-order valence-electron chi connectivity index (χ0n) is 13.1. The number of benzene rings is 1. The zero-order valence-corrected chi connectivity index (χ0v) is 13.1. The molecule has 0 saturated carbocycles. The fraction of sp³-hybridized carbons (Fsp3) is 0.588. The van der Waals surface area contributed by atoms with Gasteiger partial charge in [-0.05, 0) is 51.8 Å². The van der Waals surface area contributed by atoms with Crippen LogP contribution < -0.4 is 5.32 Å². The number of nitrogens with zero attached hydrogens (tertiary/aromatic N) is 1. The summed E-state index contributed by atoms with van der Waals surface area (Å²) in [6, 6.07) is 8.76. The molecule has 3 heteroatoms. The van der Waals surface area contributed by atoms with Crippen molar-refractivity contribution in [1.82, 2.24) is 10.2 Å². The average Bonchev–Trinajstić information content (AvgIpc) is 2.47. The van der Waals surface area contributed by atoms with Gasteiger partial charge in [0.25, 0.3) is 0 Å². The molecular formula is C17H26N2O. The number of amides is 1. The average molecular weight is 274 g/mol. The zero-order chi connectivity index (χ0) is 14.8. The third-order valence-corrected chi connectivity index (χ3v) is 4.54. The summed E-state index contributed by atoms with van der Waals surface area (Å²) in [7, 11) is 2.00. The first-order chi connectivity index (χ1) is 9.46. The Labute approximate surface area is 122 Å². The number of carbonyl (C=O) groups excluding carboxylic acids is 1.